The van der Waals surface area contributed by atoms with Gasteiger partial charge in [-0.05, 0) is 42.9 Å². The summed E-state index contributed by atoms with van der Waals surface area (Å²) in [6, 6.07) is 8.71. The molecule has 0 spiro atoms. The van der Waals surface area contributed by atoms with Crippen LogP contribution in [0.2, 0.25) is 5.02 Å². The Morgan fingerprint density at radius 2 is 2.11 bits per heavy atom. The van der Waals surface area contributed by atoms with Crippen LogP contribution >= 0.6 is 11.6 Å². The first kappa shape index (κ1) is 13.9. The normalized spacial score (nSPS) is 25.9. The Balaban J connectivity index is 2.19. The summed E-state index contributed by atoms with van der Waals surface area (Å²) in [5, 5.41) is 4.55. The molecular formula is C16H24ClN. The maximum atomic E-state index is 6.37. The number of rotatable bonds is 4. The molecule has 100 valence electrons. The fraction of sp³-hybridized carbons (Fsp3) is 0.625. The van der Waals surface area contributed by atoms with Gasteiger partial charge in [0.25, 0.3) is 0 Å². The molecule has 1 aliphatic rings. The van der Waals surface area contributed by atoms with E-state index in [4.69, 9.17) is 11.6 Å². The molecule has 1 aromatic rings. The van der Waals surface area contributed by atoms with Gasteiger partial charge in [-0.2, -0.15) is 0 Å². The van der Waals surface area contributed by atoms with Gasteiger partial charge in [-0.25, -0.2) is 0 Å². The molecule has 3 atom stereocenters. The lowest BCUT2D eigenvalue weighted by molar-refractivity contribution is 0.225. The number of hydrogen-bond acceptors (Lipinski definition) is 1. The van der Waals surface area contributed by atoms with E-state index in [-0.39, 0.29) is 0 Å². The SMILES string of the molecule is CCNC(c1ccccc1Cl)C1CCCC(C)C1. The fourth-order valence-corrected chi connectivity index (χ4v) is 3.51. The lowest BCUT2D eigenvalue weighted by Gasteiger charge is -2.34. The Morgan fingerprint density at radius 1 is 1.33 bits per heavy atom. The molecule has 0 amide bonds. The third-order valence-electron chi connectivity index (χ3n) is 4.11. The van der Waals surface area contributed by atoms with Crippen LogP contribution in [0.25, 0.3) is 0 Å². The summed E-state index contributed by atoms with van der Waals surface area (Å²) in [5.41, 5.74) is 1.28. The van der Waals surface area contributed by atoms with Crippen LogP contribution in [0.5, 0.6) is 0 Å². The standard InChI is InChI=1S/C16H24ClN/c1-3-18-16(13-8-6-7-12(2)11-13)14-9-4-5-10-15(14)17/h4-5,9-10,12-13,16,18H,3,6-8,11H2,1-2H3. The molecule has 0 saturated heterocycles. The zero-order valence-corrected chi connectivity index (χ0v) is 12.2. The molecule has 0 heterocycles. The Morgan fingerprint density at radius 3 is 2.78 bits per heavy atom. The largest absolute Gasteiger partial charge is 0.310 e. The molecular weight excluding hydrogens is 242 g/mol. The maximum Gasteiger partial charge on any atom is 0.0453 e. The second kappa shape index (κ2) is 6.58. The molecule has 1 fully saturated rings. The van der Waals surface area contributed by atoms with Crippen molar-refractivity contribution in [1.29, 1.82) is 0 Å². The van der Waals surface area contributed by atoms with Crippen LogP contribution in [0.3, 0.4) is 0 Å². The molecule has 1 N–H and O–H groups in total. The van der Waals surface area contributed by atoms with E-state index in [0.29, 0.717) is 6.04 Å². The Kier molecular flexibility index (Phi) is 5.08. The van der Waals surface area contributed by atoms with Crippen molar-refractivity contribution in [3.63, 3.8) is 0 Å². The molecule has 1 nitrogen and oxygen atoms in total. The molecule has 0 aromatic heterocycles. The van der Waals surface area contributed by atoms with Crippen molar-refractivity contribution in [1.82, 2.24) is 5.32 Å². The monoisotopic (exact) mass is 265 g/mol. The second-order valence-electron chi connectivity index (χ2n) is 5.59. The highest BCUT2D eigenvalue weighted by atomic mass is 35.5. The van der Waals surface area contributed by atoms with Crippen LogP contribution in [-0.2, 0) is 0 Å². The molecule has 0 aliphatic heterocycles. The predicted octanol–water partition coefficient (Wildman–Crippen LogP) is 4.82. The quantitative estimate of drug-likeness (QED) is 0.823. The molecule has 0 bridgehead atoms. The number of benzene rings is 1. The summed E-state index contributed by atoms with van der Waals surface area (Å²) < 4.78 is 0. The molecule has 1 aromatic carbocycles. The minimum Gasteiger partial charge on any atom is -0.310 e. The first-order chi connectivity index (χ1) is 8.72. The third-order valence-corrected chi connectivity index (χ3v) is 4.46. The Labute approximate surface area is 116 Å². The zero-order valence-electron chi connectivity index (χ0n) is 11.5. The molecule has 1 aliphatic carbocycles. The minimum atomic E-state index is 0.423. The molecule has 0 radical (unpaired) electrons. The highest BCUT2D eigenvalue weighted by molar-refractivity contribution is 6.31. The van der Waals surface area contributed by atoms with Crippen molar-refractivity contribution < 1.29 is 0 Å². The summed E-state index contributed by atoms with van der Waals surface area (Å²) >= 11 is 6.37. The Hall–Kier alpha value is -0.530. The number of halogens is 1. The molecule has 2 rings (SSSR count). The van der Waals surface area contributed by atoms with E-state index in [2.05, 4.69) is 31.3 Å². The number of hydrogen-bond donors (Lipinski definition) is 1. The van der Waals surface area contributed by atoms with Gasteiger partial charge in [0.15, 0.2) is 0 Å². The van der Waals surface area contributed by atoms with Gasteiger partial charge in [0.05, 0.1) is 0 Å². The van der Waals surface area contributed by atoms with Crippen molar-refractivity contribution in [3.8, 4) is 0 Å². The zero-order chi connectivity index (χ0) is 13.0. The van der Waals surface area contributed by atoms with E-state index in [1.165, 1.54) is 31.2 Å². The van der Waals surface area contributed by atoms with Crippen LogP contribution in [0.1, 0.15) is 51.1 Å². The van der Waals surface area contributed by atoms with Crippen LogP contribution in [0.15, 0.2) is 24.3 Å². The topological polar surface area (TPSA) is 12.0 Å². The molecule has 1 saturated carbocycles. The van der Waals surface area contributed by atoms with Crippen molar-refractivity contribution in [2.24, 2.45) is 11.8 Å². The van der Waals surface area contributed by atoms with Crippen molar-refractivity contribution in [2.75, 3.05) is 6.54 Å². The third kappa shape index (κ3) is 3.27. The lowest BCUT2D eigenvalue weighted by atomic mass is 9.76. The van der Waals surface area contributed by atoms with Gasteiger partial charge < -0.3 is 5.32 Å². The predicted molar refractivity (Wildman–Crippen MR) is 79.0 cm³/mol. The summed E-state index contributed by atoms with van der Waals surface area (Å²) in [6.45, 7) is 5.55. The van der Waals surface area contributed by atoms with E-state index in [1.54, 1.807) is 0 Å². The van der Waals surface area contributed by atoms with Gasteiger partial charge in [-0.1, -0.05) is 56.5 Å². The van der Waals surface area contributed by atoms with Crippen LogP contribution in [-0.4, -0.2) is 6.54 Å². The average Bonchev–Trinajstić information content (AvgIpc) is 2.37. The van der Waals surface area contributed by atoms with E-state index >= 15 is 0 Å². The summed E-state index contributed by atoms with van der Waals surface area (Å²) in [4.78, 5) is 0. The van der Waals surface area contributed by atoms with Gasteiger partial charge in [-0.3, -0.25) is 0 Å². The van der Waals surface area contributed by atoms with Gasteiger partial charge in [0, 0.05) is 11.1 Å². The lowest BCUT2D eigenvalue weighted by Crippen LogP contribution is -2.31. The van der Waals surface area contributed by atoms with Crippen molar-refractivity contribution in [3.05, 3.63) is 34.9 Å². The van der Waals surface area contributed by atoms with Crippen LogP contribution in [0, 0.1) is 11.8 Å². The first-order valence-electron chi connectivity index (χ1n) is 7.20. The summed E-state index contributed by atoms with van der Waals surface area (Å²) in [7, 11) is 0. The second-order valence-corrected chi connectivity index (χ2v) is 6.00. The molecule has 18 heavy (non-hydrogen) atoms. The summed E-state index contributed by atoms with van der Waals surface area (Å²) in [6.07, 6.45) is 5.40. The molecule has 2 heteroatoms. The van der Waals surface area contributed by atoms with E-state index < -0.39 is 0 Å². The van der Waals surface area contributed by atoms with Crippen LogP contribution < -0.4 is 5.32 Å². The van der Waals surface area contributed by atoms with Crippen LogP contribution in [0.4, 0.5) is 0 Å². The van der Waals surface area contributed by atoms with Gasteiger partial charge >= 0.3 is 0 Å². The minimum absolute atomic E-state index is 0.423. The van der Waals surface area contributed by atoms with Gasteiger partial charge in [-0.15, -0.1) is 0 Å². The van der Waals surface area contributed by atoms with E-state index in [1.807, 2.05) is 12.1 Å². The smallest absolute Gasteiger partial charge is 0.0453 e. The average molecular weight is 266 g/mol. The number of nitrogens with one attached hydrogen (secondary N) is 1. The highest BCUT2D eigenvalue weighted by Crippen LogP contribution is 2.38. The van der Waals surface area contributed by atoms with Gasteiger partial charge in [0.1, 0.15) is 0 Å². The fourth-order valence-electron chi connectivity index (χ4n) is 3.26. The van der Waals surface area contributed by atoms with Crippen molar-refractivity contribution >= 4 is 11.6 Å². The molecule has 3 unspecified atom stereocenters. The summed E-state index contributed by atoms with van der Waals surface area (Å²) in [5.74, 6) is 1.58. The van der Waals surface area contributed by atoms with E-state index in [9.17, 15) is 0 Å². The van der Waals surface area contributed by atoms with Gasteiger partial charge in [0.2, 0.25) is 0 Å². The maximum absolute atomic E-state index is 6.37. The Bertz CT molecular complexity index is 377. The van der Waals surface area contributed by atoms with Crippen molar-refractivity contribution in [2.45, 2.75) is 45.6 Å². The van der Waals surface area contributed by atoms with E-state index in [0.717, 1.165) is 23.4 Å². The highest BCUT2D eigenvalue weighted by Gasteiger charge is 2.28. The first-order valence-corrected chi connectivity index (χ1v) is 7.58.